The maximum atomic E-state index is 14.3. The summed E-state index contributed by atoms with van der Waals surface area (Å²) in [7, 11) is 3.23. The Labute approximate surface area is 271 Å². The van der Waals surface area contributed by atoms with Crippen molar-refractivity contribution in [2.75, 3.05) is 57.2 Å². The summed E-state index contributed by atoms with van der Waals surface area (Å²) in [5, 5.41) is 3.62. The zero-order chi connectivity index (χ0) is 32.6. The van der Waals surface area contributed by atoms with Crippen LogP contribution in [0.1, 0.15) is 70.4 Å². The van der Waals surface area contributed by atoms with E-state index in [1.54, 1.807) is 14.2 Å². The summed E-state index contributed by atoms with van der Waals surface area (Å²) in [6, 6.07) is 12.9. The molecule has 2 aromatic rings. The van der Waals surface area contributed by atoms with Gasteiger partial charge in [-0.05, 0) is 80.9 Å². The van der Waals surface area contributed by atoms with Crippen LogP contribution in [0, 0.1) is 5.41 Å². The number of ketones is 1. The van der Waals surface area contributed by atoms with Gasteiger partial charge in [0, 0.05) is 36.3 Å². The van der Waals surface area contributed by atoms with Crippen LogP contribution in [0.15, 0.2) is 53.7 Å². The molecule has 2 fully saturated rings. The van der Waals surface area contributed by atoms with E-state index in [4.69, 9.17) is 15.2 Å². The Morgan fingerprint density at radius 3 is 2.35 bits per heavy atom. The van der Waals surface area contributed by atoms with Crippen molar-refractivity contribution < 1.29 is 23.9 Å². The SMILES string of the molecule is COc1ccc(OC)c(C2C3=C(CC(C)(C)CC3=O)Nc3ccccc3N2CC(=O)N2CCC(C(N)=O)(N3CCCCC3)CC2)c1. The number of para-hydroxylation sites is 2. The first-order valence-electron chi connectivity index (χ1n) is 16.5. The third-order valence-electron chi connectivity index (χ3n) is 10.4. The Kier molecular flexibility index (Phi) is 8.76. The van der Waals surface area contributed by atoms with E-state index in [2.05, 4.69) is 24.1 Å². The van der Waals surface area contributed by atoms with Gasteiger partial charge >= 0.3 is 0 Å². The standard InChI is InChI=1S/C36H47N5O5/c1-35(2)21-27-32(29(42)22-35)33(25-20-24(45-3)12-13-30(25)46-4)41(28-11-7-6-10-26(28)38-27)23-31(43)39-18-14-36(15-19-39,34(37)44)40-16-8-5-9-17-40/h6-7,10-13,20,33,38H,5,8-9,14-19,21-23H2,1-4H3,(H2,37,44). The van der Waals surface area contributed by atoms with Crippen LogP contribution in [0.3, 0.4) is 0 Å². The number of amides is 2. The largest absolute Gasteiger partial charge is 0.497 e. The predicted octanol–water partition coefficient (Wildman–Crippen LogP) is 4.65. The highest BCUT2D eigenvalue weighted by molar-refractivity contribution is 6.02. The minimum atomic E-state index is -0.714. The summed E-state index contributed by atoms with van der Waals surface area (Å²) in [6.45, 7) is 6.87. The molecule has 46 heavy (non-hydrogen) atoms. The average Bonchev–Trinajstić information content (AvgIpc) is 3.18. The first kappa shape index (κ1) is 31.9. The average molecular weight is 630 g/mol. The predicted molar refractivity (Wildman–Crippen MR) is 178 cm³/mol. The molecule has 0 saturated carbocycles. The van der Waals surface area contributed by atoms with E-state index in [9.17, 15) is 14.4 Å². The topological polar surface area (TPSA) is 117 Å². The van der Waals surface area contributed by atoms with Crippen LogP contribution in [0.5, 0.6) is 11.5 Å². The second-order valence-corrected chi connectivity index (χ2v) is 13.9. The smallest absolute Gasteiger partial charge is 0.242 e. The summed E-state index contributed by atoms with van der Waals surface area (Å²) >= 11 is 0. The van der Waals surface area contributed by atoms with Gasteiger partial charge in [0.15, 0.2) is 5.78 Å². The first-order chi connectivity index (χ1) is 22.1. The number of benzene rings is 2. The fraction of sp³-hybridized carbons (Fsp3) is 0.528. The van der Waals surface area contributed by atoms with Crippen LogP contribution in [-0.2, 0) is 14.4 Å². The highest BCUT2D eigenvalue weighted by atomic mass is 16.5. The van der Waals surface area contributed by atoms with Gasteiger partial charge in [0.2, 0.25) is 11.8 Å². The lowest BCUT2D eigenvalue weighted by molar-refractivity contribution is -0.141. The quantitative estimate of drug-likeness (QED) is 0.455. The minimum Gasteiger partial charge on any atom is -0.497 e. The maximum absolute atomic E-state index is 14.3. The number of carbonyl (C=O) groups is 3. The molecule has 10 heteroatoms. The number of Topliss-reactive ketones (excluding diaryl/α,β-unsaturated/α-hetero) is 1. The molecule has 1 unspecified atom stereocenters. The second kappa shape index (κ2) is 12.6. The number of primary amides is 1. The number of piperidine rings is 2. The molecule has 246 valence electrons. The van der Waals surface area contributed by atoms with Crippen LogP contribution in [0.2, 0.25) is 0 Å². The van der Waals surface area contributed by atoms with E-state index in [0.717, 1.165) is 48.6 Å². The van der Waals surface area contributed by atoms with Crippen LogP contribution in [0.4, 0.5) is 11.4 Å². The normalized spacial score (nSPS) is 22.7. The number of hydrogen-bond acceptors (Lipinski definition) is 8. The molecule has 3 heterocycles. The van der Waals surface area contributed by atoms with Gasteiger partial charge in [0.05, 0.1) is 38.2 Å². The van der Waals surface area contributed by atoms with Gasteiger partial charge in [-0.1, -0.05) is 32.4 Å². The van der Waals surface area contributed by atoms with Crippen molar-refractivity contribution in [3.8, 4) is 11.5 Å². The second-order valence-electron chi connectivity index (χ2n) is 13.9. The van der Waals surface area contributed by atoms with Gasteiger partial charge in [0.25, 0.3) is 0 Å². The molecule has 2 saturated heterocycles. The lowest BCUT2D eigenvalue weighted by Crippen LogP contribution is -2.64. The van der Waals surface area contributed by atoms with Crippen LogP contribution < -0.4 is 25.4 Å². The number of fused-ring (bicyclic) bond motifs is 1. The number of allylic oxidation sites excluding steroid dienone is 1. The summed E-state index contributed by atoms with van der Waals surface area (Å²) < 4.78 is 11.5. The third-order valence-corrected chi connectivity index (χ3v) is 10.4. The Morgan fingerprint density at radius 1 is 0.957 bits per heavy atom. The highest BCUT2D eigenvalue weighted by Gasteiger charge is 2.47. The minimum absolute atomic E-state index is 0.0322. The van der Waals surface area contributed by atoms with Gasteiger partial charge in [-0.2, -0.15) is 0 Å². The number of rotatable bonds is 7. The molecule has 1 aliphatic carbocycles. The molecule has 3 aliphatic heterocycles. The summed E-state index contributed by atoms with van der Waals surface area (Å²) in [5.74, 6) is 0.931. The van der Waals surface area contributed by atoms with Gasteiger partial charge in [-0.3, -0.25) is 19.3 Å². The molecule has 0 spiro atoms. The van der Waals surface area contributed by atoms with Gasteiger partial charge < -0.3 is 30.3 Å². The number of nitrogens with one attached hydrogen (secondary N) is 1. The lowest BCUT2D eigenvalue weighted by Gasteiger charge is -2.48. The van der Waals surface area contributed by atoms with Crippen molar-refractivity contribution in [3.05, 3.63) is 59.3 Å². The summed E-state index contributed by atoms with van der Waals surface area (Å²) in [6.07, 6.45) is 5.40. The van der Waals surface area contributed by atoms with Crippen LogP contribution >= 0.6 is 0 Å². The van der Waals surface area contributed by atoms with Crippen molar-refractivity contribution in [1.29, 1.82) is 0 Å². The monoisotopic (exact) mass is 629 g/mol. The maximum Gasteiger partial charge on any atom is 0.242 e. The number of ether oxygens (including phenoxy) is 2. The van der Waals surface area contributed by atoms with Crippen molar-refractivity contribution >= 4 is 29.0 Å². The Bertz CT molecular complexity index is 1540. The van der Waals surface area contributed by atoms with Crippen molar-refractivity contribution in [2.45, 2.75) is 70.4 Å². The molecule has 4 aliphatic rings. The van der Waals surface area contributed by atoms with Crippen LogP contribution in [-0.4, -0.2) is 79.9 Å². The van der Waals surface area contributed by atoms with E-state index in [1.807, 2.05) is 52.3 Å². The van der Waals surface area contributed by atoms with E-state index < -0.39 is 11.6 Å². The number of nitrogens with two attached hydrogens (primary N) is 1. The zero-order valence-corrected chi connectivity index (χ0v) is 27.6. The van der Waals surface area contributed by atoms with Gasteiger partial charge in [-0.15, -0.1) is 0 Å². The Hall–Kier alpha value is -4.05. The van der Waals surface area contributed by atoms with Crippen molar-refractivity contribution in [2.24, 2.45) is 11.1 Å². The van der Waals surface area contributed by atoms with E-state index >= 15 is 0 Å². The number of nitrogens with zero attached hydrogens (tertiary/aromatic N) is 3. The third kappa shape index (κ3) is 5.83. The summed E-state index contributed by atoms with van der Waals surface area (Å²) in [4.78, 5) is 47.5. The molecule has 0 bridgehead atoms. The molecule has 3 N–H and O–H groups in total. The van der Waals surface area contributed by atoms with Crippen molar-refractivity contribution in [3.63, 3.8) is 0 Å². The molecule has 0 radical (unpaired) electrons. The summed E-state index contributed by atoms with van der Waals surface area (Å²) in [5.41, 5.74) is 9.04. The molecule has 2 aromatic carbocycles. The van der Waals surface area contributed by atoms with Gasteiger partial charge in [-0.25, -0.2) is 0 Å². The number of methoxy groups -OCH3 is 2. The first-order valence-corrected chi connectivity index (χ1v) is 16.5. The molecular formula is C36H47N5O5. The van der Waals surface area contributed by atoms with E-state index in [0.29, 0.717) is 55.8 Å². The van der Waals surface area contributed by atoms with E-state index in [-0.39, 0.29) is 29.6 Å². The molecular weight excluding hydrogens is 582 g/mol. The van der Waals surface area contributed by atoms with Crippen LogP contribution in [0.25, 0.3) is 0 Å². The molecule has 10 nitrogen and oxygen atoms in total. The highest BCUT2D eigenvalue weighted by Crippen LogP contribution is 2.50. The van der Waals surface area contributed by atoms with E-state index in [1.165, 1.54) is 6.42 Å². The molecule has 1 atom stereocenters. The fourth-order valence-corrected chi connectivity index (χ4v) is 8.02. The molecule has 2 amide bonds. The molecule has 0 aromatic heterocycles. The zero-order valence-electron chi connectivity index (χ0n) is 27.6. The number of carbonyl (C=O) groups excluding carboxylic acids is 3. The fourth-order valence-electron chi connectivity index (χ4n) is 8.02. The Balaban J connectivity index is 1.39. The number of hydrogen-bond donors (Lipinski definition) is 2. The Morgan fingerprint density at radius 2 is 1.67 bits per heavy atom. The lowest BCUT2D eigenvalue weighted by atomic mass is 9.73. The number of likely N-dealkylation sites (tertiary alicyclic amines) is 2. The molecule has 6 rings (SSSR count). The van der Waals surface area contributed by atoms with Crippen molar-refractivity contribution in [1.82, 2.24) is 9.80 Å². The number of anilines is 2. The van der Waals surface area contributed by atoms with Gasteiger partial charge in [0.1, 0.15) is 17.0 Å².